The molecule has 1 amide bonds. The predicted molar refractivity (Wildman–Crippen MR) is 70.0 cm³/mol. The number of rotatable bonds is 3. The smallest absolute Gasteiger partial charge is 0.239 e. The largest absolute Gasteiger partial charge is 0.370 e. The molecule has 0 radical (unpaired) electrons. The molecule has 2 atom stereocenters. The first-order chi connectivity index (χ1) is 8.72. The molecule has 0 aliphatic carbocycles. The second-order valence-electron chi connectivity index (χ2n) is 4.57. The maximum Gasteiger partial charge on any atom is 0.239 e. The van der Waals surface area contributed by atoms with Gasteiger partial charge >= 0.3 is 0 Å². The monoisotopic (exact) mass is 248 g/mol. The van der Waals surface area contributed by atoms with Crippen molar-refractivity contribution >= 4 is 5.91 Å². The summed E-state index contributed by atoms with van der Waals surface area (Å²) in [6.07, 6.45) is 0.639. The van der Waals surface area contributed by atoms with E-state index >= 15 is 0 Å². The van der Waals surface area contributed by atoms with E-state index in [1.165, 1.54) is 0 Å². The van der Waals surface area contributed by atoms with Crippen molar-refractivity contribution in [1.29, 1.82) is 0 Å². The molecule has 0 aromatic heterocycles. The third-order valence-corrected chi connectivity index (χ3v) is 3.31. The van der Waals surface area contributed by atoms with Crippen LogP contribution in [0.1, 0.15) is 25.0 Å². The Bertz CT molecular complexity index is 394. The van der Waals surface area contributed by atoms with Crippen LogP contribution in [-0.2, 0) is 9.53 Å². The number of hydrogen-bond acceptors (Lipinski definition) is 3. The summed E-state index contributed by atoms with van der Waals surface area (Å²) in [4.78, 5) is 13.9. The molecular weight excluding hydrogens is 228 g/mol. The lowest BCUT2D eigenvalue weighted by molar-refractivity contribution is -0.140. The zero-order valence-corrected chi connectivity index (χ0v) is 10.7. The van der Waals surface area contributed by atoms with Gasteiger partial charge in [-0.25, -0.2) is 0 Å². The van der Waals surface area contributed by atoms with Gasteiger partial charge < -0.3 is 15.4 Å². The first-order valence-electron chi connectivity index (χ1n) is 6.43. The molecular formula is C14H20N2O2. The normalized spacial score (nSPS) is 21.7. The average molecular weight is 248 g/mol. The van der Waals surface area contributed by atoms with Gasteiger partial charge in [0.2, 0.25) is 5.91 Å². The van der Waals surface area contributed by atoms with Crippen LogP contribution in [0.2, 0.25) is 0 Å². The molecule has 2 rings (SSSR count). The maximum absolute atomic E-state index is 12.1. The third kappa shape index (κ3) is 2.89. The molecule has 1 aliphatic rings. The fraction of sp³-hybridized carbons (Fsp3) is 0.500. The van der Waals surface area contributed by atoms with Gasteiger partial charge in [0, 0.05) is 6.54 Å². The van der Waals surface area contributed by atoms with Crippen molar-refractivity contribution in [1.82, 2.24) is 4.90 Å². The molecule has 0 bridgehead atoms. The Labute approximate surface area is 108 Å². The van der Waals surface area contributed by atoms with E-state index in [-0.39, 0.29) is 18.1 Å². The number of carbonyl (C=O) groups excluding carboxylic acids is 1. The van der Waals surface area contributed by atoms with Gasteiger partial charge in [-0.3, -0.25) is 4.79 Å². The van der Waals surface area contributed by atoms with Gasteiger partial charge in [0.25, 0.3) is 0 Å². The van der Waals surface area contributed by atoms with Crippen molar-refractivity contribution < 1.29 is 9.53 Å². The molecule has 1 aliphatic heterocycles. The summed E-state index contributed by atoms with van der Waals surface area (Å²) in [6, 6.07) is 9.60. The number of benzene rings is 1. The van der Waals surface area contributed by atoms with Crippen LogP contribution >= 0.6 is 0 Å². The van der Waals surface area contributed by atoms with E-state index in [9.17, 15) is 4.79 Å². The van der Waals surface area contributed by atoms with Crippen LogP contribution < -0.4 is 5.73 Å². The van der Waals surface area contributed by atoms with Gasteiger partial charge in [0.05, 0.1) is 19.2 Å². The van der Waals surface area contributed by atoms with Crippen LogP contribution in [0.3, 0.4) is 0 Å². The molecule has 4 nitrogen and oxygen atoms in total. The van der Waals surface area contributed by atoms with Crippen LogP contribution in [0, 0.1) is 0 Å². The number of amides is 1. The van der Waals surface area contributed by atoms with Crippen molar-refractivity contribution in [3.05, 3.63) is 35.9 Å². The Kier molecular flexibility index (Phi) is 4.33. The number of carbonyl (C=O) groups is 1. The van der Waals surface area contributed by atoms with E-state index in [2.05, 4.69) is 0 Å². The van der Waals surface area contributed by atoms with Gasteiger partial charge in [0.15, 0.2) is 0 Å². The molecule has 0 spiro atoms. The van der Waals surface area contributed by atoms with Crippen molar-refractivity contribution in [3.63, 3.8) is 0 Å². The van der Waals surface area contributed by atoms with Crippen LogP contribution in [-0.4, -0.2) is 36.5 Å². The van der Waals surface area contributed by atoms with E-state index < -0.39 is 0 Å². The van der Waals surface area contributed by atoms with E-state index in [1.807, 2.05) is 42.2 Å². The number of ether oxygens (including phenoxy) is 1. The van der Waals surface area contributed by atoms with Crippen LogP contribution in [0.15, 0.2) is 30.3 Å². The second kappa shape index (κ2) is 5.98. The average Bonchev–Trinajstić information content (AvgIpc) is 2.46. The third-order valence-electron chi connectivity index (χ3n) is 3.31. The molecule has 1 fully saturated rings. The van der Waals surface area contributed by atoms with Gasteiger partial charge in [-0.05, 0) is 12.0 Å². The molecule has 1 saturated heterocycles. The molecule has 98 valence electrons. The quantitative estimate of drug-likeness (QED) is 0.878. The van der Waals surface area contributed by atoms with Crippen molar-refractivity contribution in [3.8, 4) is 0 Å². The maximum atomic E-state index is 12.1. The molecule has 0 unspecified atom stereocenters. The van der Waals surface area contributed by atoms with Crippen molar-refractivity contribution in [2.45, 2.75) is 25.5 Å². The fourth-order valence-corrected chi connectivity index (χ4v) is 2.13. The van der Waals surface area contributed by atoms with Crippen molar-refractivity contribution in [2.75, 3.05) is 19.7 Å². The Balaban J connectivity index is 2.03. The zero-order valence-electron chi connectivity index (χ0n) is 10.7. The van der Waals surface area contributed by atoms with Gasteiger partial charge in [-0.1, -0.05) is 37.3 Å². The molecule has 1 aromatic rings. The van der Waals surface area contributed by atoms with E-state index in [0.29, 0.717) is 26.1 Å². The van der Waals surface area contributed by atoms with Gasteiger partial charge in [-0.2, -0.15) is 0 Å². The van der Waals surface area contributed by atoms with Crippen LogP contribution in [0.5, 0.6) is 0 Å². The Hall–Kier alpha value is -1.39. The lowest BCUT2D eigenvalue weighted by Crippen LogP contribution is -2.49. The minimum Gasteiger partial charge on any atom is -0.370 e. The fourth-order valence-electron chi connectivity index (χ4n) is 2.13. The number of nitrogens with zero attached hydrogens (tertiary/aromatic N) is 1. The summed E-state index contributed by atoms with van der Waals surface area (Å²) in [5, 5.41) is 0. The molecule has 1 aromatic carbocycles. The standard InChI is InChI=1S/C14H20N2O2/c1-2-12(15)14(17)16-8-9-18-13(10-16)11-6-4-3-5-7-11/h3-7,12-13H,2,8-10,15H2,1H3/t12-,13-/m0/s1. The summed E-state index contributed by atoms with van der Waals surface area (Å²) < 4.78 is 5.72. The number of morpholine rings is 1. The summed E-state index contributed by atoms with van der Waals surface area (Å²) >= 11 is 0. The summed E-state index contributed by atoms with van der Waals surface area (Å²) in [6.45, 7) is 3.73. The Morgan fingerprint density at radius 2 is 2.22 bits per heavy atom. The highest BCUT2D eigenvalue weighted by Gasteiger charge is 2.27. The first kappa shape index (κ1) is 13.1. The Morgan fingerprint density at radius 1 is 1.50 bits per heavy atom. The molecule has 1 heterocycles. The van der Waals surface area contributed by atoms with Crippen molar-refractivity contribution in [2.24, 2.45) is 5.73 Å². The van der Waals surface area contributed by atoms with Crippen LogP contribution in [0.25, 0.3) is 0 Å². The highest BCUT2D eigenvalue weighted by atomic mass is 16.5. The lowest BCUT2D eigenvalue weighted by Gasteiger charge is -2.34. The summed E-state index contributed by atoms with van der Waals surface area (Å²) in [5.41, 5.74) is 6.91. The lowest BCUT2D eigenvalue weighted by atomic mass is 10.1. The van der Waals surface area contributed by atoms with Gasteiger partial charge in [0.1, 0.15) is 6.10 Å². The van der Waals surface area contributed by atoms with E-state index in [0.717, 1.165) is 5.56 Å². The zero-order chi connectivity index (χ0) is 13.0. The minimum atomic E-state index is -0.389. The van der Waals surface area contributed by atoms with Crippen LogP contribution in [0.4, 0.5) is 0 Å². The number of hydrogen-bond donors (Lipinski definition) is 1. The van der Waals surface area contributed by atoms with E-state index in [1.54, 1.807) is 0 Å². The second-order valence-corrected chi connectivity index (χ2v) is 4.57. The summed E-state index contributed by atoms with van der Waals surface area (Å²) in [5.74, 6) is 0.0294. The predicted octanol–water partition coefficient (Wildman–Crippen LogP) is 1.32. The first-order valence-corrected chi connectivity index (χ1v) is 6.43. The number of nitrogens with two attached hydrogens (primary N) is 1. The molecule has 18 heavy (non-hydrogen) atoms. The van der Waals surface area contributed by atoms with Gasteiger partial charge in [-0.15, -0.1) is 0 Å². The highest BCUT2D eigenvalue weighted by Crippen LogP contribution is 2.22. The molecule has 2 N–H and O–H groups in total. The molecule has 0 saturated carbocycles. The molecule has 4 heteroatoms. The minimum absolute atomic E-state index is 0.0294. The van der Waals surface area contributed by atoms with E-state index in [4.69, 9.17) is 10.5 Å². The topological polar surface area (TPSA) is 55.6 Å². The summed E-state index contributed by atoms with van der Waals surface area (Å²) in [7, 11) is 0. The highest BCUT2D eigenvalue weighted by molar-refractivity contribution is 5.81. The Morgan fingerprint density at radius 3 is 2.89 bits per heavy atom. The SMILES string of the molecule is CC[C@H](N)C(=O)N1CCO[C@H](c2ccccc2)C1.